The molecule has 0 bridgehead atoms. The number of carbonyl (C=O) groups excluding carboxylic acids is 1. The van der Waals surface area contributed by atoms with Crippen molar-refractivity contribution in [1.82, 2.24) is 25.5 Å². The summed E-state index contributed by atoms with van der Waals surface area (Å²) in [5, 5.41) is 14.4. The van der Waals surface area contributed by atoms with Gasteiger partial charge in [0.1, 0.15) is 5.75 Å². The standard InChI is InChI=1S/C15H18F3N5O2S/c1-9(2)10(3)19-13(24)8-26-14-20-21-22-23(14)11-4-6-12(7-5-11)25-15(16,17)18/h4-7,9-10H,8H2,1-3H3,(H,19,24). The molecule has 2 aromatic rings. The van der Waals surface area contributed by atoms with Crippen LogP contribution in [0, 0.1) is 5.92 Å². The molecular weight excluding hydrogens is 371 g/mol. The number of halogens is 3. The predicted molar refractivity (Wildman–Crippen MR) is 89.0 cm³/mol. The zero-order valence-corrected chi connectivity index (χ0v) is 15.1. The Morgan fingerprint density at radius 2 is 1.92 bits per heavy atom. The molecule has 1 atom stereocenters. The predicted octanol–water partition coefficient (Wildman–Crippen LogP) is 2.81. The van der Waals surface area contributed by atoms with E-state index in [0.717, 1.165) is 23.9 Å². The zero-order chi connectivity index (χ0) is 19.3. The number of tetrazole rings is 1. The van der Waals surface area contributed by atoms with Crippen LogP contribution in [0.2, 0.25) is 0 Å². The second kappa shape index (κ2) is 8.39. The van der Waals surface area contributed by atoms with Crippen LogP contribution in [0.15, 0.2) is 29.4 Å². The van der Waals surface area contributed by atoms with Gasteiger partial charge in [0.25, 0.3) is 0 Å². The number of amides is 1. The summed E-state index contributed by atoms with van der Waals surface area (Å²) in [4.78, 5) is 11.9. The Kier molecular flexibility index (Phi) is 6.46. The largest absolute Gasteiger partial charge is 0.573 e. The number of benzene rings is 1. The fourth-order valence-corrected chi connectivity index (χ4v) is 2.51. The first-order valence-corrected chi connectivity index (χ1v) is 8.71. The van der Waals surface area contributed by atoms with Gasteiger partial charge >= 0.3 is 6.36 Å². The lowest BCUT2D eigenvalue weighted by Crippen LogP contribution is -2.37. The molecule has 1 unspecified atom stereocenters. The molecule has 0 spiro atoms. The number of nitrogens with one attached hydrogen (secondary N) is 1. The van der Waals surface area contributed by atoms with Crippen LogP contribution in [-0.4, -0.2) is 44.3 Å². The van der Waals surface area contributed by atoms with Crippen LogP contribution in [0.5, 0.6) is 5.75 Å². The van der Waals surface area contributed by atoms with Crippen molar-refractivity contribution in [2.75, 3.05) is 5.75 Å². The van der Waals surface area contributed by atoms with Crippen molar-refractivity contribution in [2.45, 2.75) is 38.3 Å². The first-order valence-electron chi connectivity index (χ1n) is 7.72. The van der Waals surface area contributed by atoms with Crippen LogP contribution in [0.1, 0.15) is 20.8 Å². The number of ether oxygens (including phenoxy) is 1. The van der Waals surface area contributed by atoms with E-state index in [9.17, 15) is 18.0 Å². The van der Waals surface area contributed by atoms with Gasteiger partial charge in [-0.2, -0.15) is 4.68 Å². The second-order valence-electron chi connectivity index (χ2n) is 5.80. The van der Waals surface area contributed by atoms with Gasteiger partial charge in [0.05, 0.1) is 11.4 Å². The summed E-state index contributed by atoms with van der Waals surface area (Å²) in [5.74, 6) is -0.0656. The molecule has 0 radical (unpaired) electrons. The number of thioether (sulfide) groups is 1. The summed E-state index contributed by atoms with van der Waals surface area (Å²) in [5.41, 5.74) is 0.447. The average Bonchev–Trinajstić information content (AvgIpc) is 3.00. The number of alkyl halides is 3. The minimum Gasteiger partial charge on any atom is -0.406 e. The van der Waals surface area contributed by atoms with Crippen LogP contribution in [0.3, 0.4) is 0 Å². The van der Waals surface area contributed by atoms with Gasteiger partial charge < -0.3 is 10.1 Å². The molecule has 0 saturated heterocycles. The molecule has 26 heavy (non-hydrogen) atoms. The molecule has 0 aliphatic heterocycles. The number of rotatable bonds is 7. The van der Waals surface area contributed by atoms with E-state index in [-0.39, 0.29) is 23.5 Å². The van der Waals surface area contributed by atoms with Gasteiger partial charge in [-0.25, -0.2) is 0 Å². The molecule has 142 valence electrons. The molecule has 11 heteroatoms. The highest BCUT2D eigenvalue weighted by molar-refractivity contribution is 7.99. The molecule has 7 nitrogen and oxygen atoms in total. The Morgan fingerprint density at radius 1 is 1.27 bits per heavy atom. The van der Waals surface area contributed by atoms with E-state index in [1.165, 1.54) is 16.8 Å². The first kappa shape index (κ1) is 20.0. The third-order valence-electron chi connectivity index (χ3n) is 3.48. The topological polar surface area (TPSA) is 81.9 Å². The third kappa shape index (κ3) is 5.90. The van der Waals surface area contributed by atoms with Gasteiger partial charge in [0, 0.05) is 6.04 Å². The van der Waals surface area contributed by atoms with E-state index < -0.39 is 6.36 Å². The zero-order valence-electron chi connectivity index (χ0n) is 14.3. The molecule has 1 N–H and O–H groups in total. The van der Waals surface area contributed by atoms with E-state index in [2.05, 4.69) is 25.6 Å². The van der Waals surface area contributed by atoms with Crippen molar-refractivity contribution >= 4 is 17.7 Å². The fraction of sp³-hybridized carbons (Fsp3) is 0.467. The van der Waals surface area contributed by atoms with E-state index in [0.29, 0.717) is 16.8 Å². The normalized spacial score (nSPS) is 12.9. The lowest BCUT2D eigenvalue weighted by atomic mass is 10.1. The van der Waals surface area contributed by atoms with Gasteiger partial charge in [-0.1, -0.05) is 25.6 Å². The highest BCUT2D eigenvalue weighted by Gasteiger charge is 2.31. The summed E-state index contributed by atoms with van der Waals surface area (Å²) in [6.07, 6.45) is -4.75. The van der Waals surface area contributed by atoms with Crippen LogP contribution < -0.4 is 10.1 Å². The van der Waals surface area contributed by atoms with Crippen LogP contribution in [0.4, 0.5) is 13.2 Å². The van der Waals surface area contributed by atoms with Gasteiger partial charge in [-0.15, -0.1) is 18.3 Å². The number of nitrogens with zero attached hydrogens (tertiary/aromatic N) is 4. The third-order valence-corrected chi connectivity index (χ3v) is 4.40. The summed E-state index contributed by atoms with van der Waals surface area (Å²) in [6, 6.07) is 5.15. The fourth-order valence-electron chi connectivity index (χ4n) is 1.81. The molecule has 0 fully saturated rings. The molecule has 0 aliphatic rings. The first-order chi connectivity index (χ1) is 12.2. The Hall–Kier alpha value is -2.30. The lowest BCUT2D eigenvalue weighted by molar-refractivity contribution is -0.274. The summed E-state index contributed by atoms with van der Waals surface area (Å²) < 4.78 is 41.7. The molecule has 2 rings (SSSR count). The van der Waals surface area contributed by atoms with E-state index in [1.807, 2.05) is 20.8 Å². The molecule has 1 aromatic carbocycles. The molecule has 1 heterocycles. The van der Waals surface area contributed by atoms with Crippen molar-refractivity contribution < 1.29 is 22.7 Å². The Labute approximate surface area is 152 Å². The van der Waals surface area contributed by atoms with E-state index in [4.69, 9.17) is 0 Å². The lowest BCUT2D eigenvalue weighted by Gasteiger charge is -2.17. The Bertz CT molecular complexity index is 734. The monoisotopic (exact) mass is 389 g/mol. The van der Waals surface area contributed by atoms with Crippen molar-refractivity contribution in [3.05, 3.63) is 24.3 Å². The number of hydrogen-bond acceptors (Lipinski definition) is 6. The van der Waals surface area contributed by atoms with E-state index >= 15 is 0 Å². The summed E-state index contributed by atoms with van der Waals surface area (Å²) in [6.45, 7) is 5.93. The Balaban J connectivity index is 2.01. The van der Waals surface area contributed by atoms with Gasteiger partial charge in [-0.05, 0) is 47.5 Å². The van der Waals surface area contributed by atoms with Crippen LogP contribution >= 0.6 is 11.8 Å². The van der Waals surface area contributed by atoms with E-state index in [1.54, 1.807) is 0 Å². The molecule has 0 aliphatic carbocycles. The molecule has 1 aromatic heterocycles. The number of carbonyl (C=O) groups is 1. The highest BCUT2D eigenvalue weighted by atomic mass is 32.2. The summed E-state index contributed by atoms with van der Waals surface area (Å²) >= 11 is 1.13. The summed E-state index contributed by atoms with van der Waals surface area (Å²) in [7, 11) is 0. The van der Waals surface area contributed by atoms with Gasteiger partial charge in [0.15, 0.2) is 0 Å². The maximum absolute atomic E-state index is 12.2. The van der Waals surface area contributed by atoms with Crippen LogP contribution in [0.25, 0.3) is 5.69 Å². The minimum atomic E-state index is -4.75. The number of hydrogen-bond donors (Lipinski definition) is 1. The van der Waals surface area contributed by atoms with Crippen molar-refractivity contribution in [3.8, 4) is 11.4 Å². The minimum absolute atomic E-state index is 0.0419. The van der Waals surface area contributed by atoms with Gasteiger partial charge in [0.2, 0.25) is 11.1 Å². The maximum Gasteiger partial charge on any atom is 0.573 e. The molecule has 0 saturated carbocycles. The van der Waals surface area contributed by atoms with Crippen LogP contribution in [-0.2, 0) is 4.79 Å². The molecule has 1 amide bonds. The smallest absolute Gasteiger partial charge is 0.406 e. The number of aromatic nitrogens is 4. The maximum atomic E-state index is 12.2. The van der Waals surface area contributed by atoms with Crippen molar-refractivity contribution in [2.24, 2.45) is 5.92 Å². The molecular formula is C15H18F3N5O2S. The SMILES string of the molecule is CC(C)C(C)NC(=O)CSc1nnnn1-c1ccc(OC(F)(F)F)cc1. The highest BCUT2D eigenvalue weighted by Crippen LogP contribution is 2.24. The van der Waals surface area contributed by atoms with Gasteiger partial charge in [-0.3, -0.25) is 4.79 Å². The average molecular weight is 389 g/mol. The Morgan fingerprint density at radius 3 is 2.50 bits per heavy atom. The van der Waals surface area contributed by atoms with Crippen molar-refractivity contribution in [1.29, 1.82) is 0 Å². The van der Waals surface area contributed by atoms with Crippen molar-refractivity contribution in [3.63, 3.8) is 0 Å². The second-order valence-corrected chi connectivity index (χ2v) is 6.75. The quantitative estimate of drug-likeness (QED) is 0.734.